The van der Waals surface area contributed by atoms with E-state index in [9.17, 15) is 13.2 Å². The first-order chi connectivity index (χ1) is 18.7. The summed E-state index contributed by atoms with van der Waals surface area (Å²) in [5, 5.41) is 12.6. The largest absolute Gasteiger partial charge is 0.497 e. The topological polar surface area (TPSA) is 140 Å². The Labute approximate surface area is 233 Å². The molecule has 1 aromatic rings. The third kappa shape index (κ3) is 10.1. The molecular formula is C28H46N6O4S. The van der Waals surface area contributed by atoms with Crippen LogP contribution < -0.4 is 15.6 Å². The van der Waals surface area contributed by atoms with Gasteiger partial charge in [0.2, 0.25) is 10.0 Å². The van der Waals surface area contributed by atoms with E-state index in [0.29, 0.717) is 60.3 Å². The summed E-state index contributed by atoms with van der Waals surface area (Å²) < 4.78 is 34.5. The van der Waals surface area contributed by atoms with Gasteiger partial charge in [-0.3, -0.25) is 4.79 Å². The minimum atomic E-state index is -3.76. The Bertz CT molecular complexity index is 1200. The van der Waals surface area contributed by atoms with E-state index in [1.54, 1.807) is 7.05 Å². The van der Waals surface area contributed by atoms with Crippen molar-refractivity contribution in [3.8, 4) is 0 Å². The van der Waals surface area contributed by atoms with Crippen molar-refractivity contribution in [1.29, 1.82) is 5.41 Å². The number of aromatic nitrogens is 2. The number of nitrogens with zero attached hydrogens (tertiary/aromatic N) is 2. The lowest BCUT2D eigenvalue weighted by Crippen LogP contribution is -2.31. The van der Waals surface area contributed by atoms with Crippen LogP contribution >= 0.6 is 0 Å². The predicted octanol–water partition coefficient (Wildman–Crippen LogP) is 3.68. The van der Waals surface area contributed by atoms with Gasteiger partial charge in [0.1, 0.15) is 11.6 Å². The van der Waals surface area contributed by atoms with Gasteiger partial charge in [0.15, 0.2) is 0 Å². The molecule has 0 amide bonds. The van der Waals surface area contributed by atoms with E-state index in [4.69, 9.17) is 10.1 Å². The van der Waals surface area contributed by atoms with Gasteiger partial charge in [0.05, 0.1) is 29.1 Å². The monoisotopic (exact) mass is 562 g/mol. The number of ether oxygens (including phenoxy) is 1. The fourth-order valence-electron chi connectivity index (χ4n) is 4.52. The fourth-order valence-corrected chi connectivity index (χ4v) is 5.33. The van der Waals surface area contributed by atoms with Gasteiger partial charge < -0.3 is 25.3 Å². The first kappa shape index (κ1) is 32.6. The maximum atomic E-state index is 13.1. The molecular weight excluding hydrogens is 516 g/mol. The Balaban J connectivity index is 2.53. The highest BCUT2D eigenvalue weighted by molar-refractivity contribution is 7.92. The van der Waals surface area contributed by atoms with E-state index >= 15 is 0 Å². The van der Waals surface area contributed by atoms with Crippen LogP contribution in [0.25, 0.3) is 5.57 Å². The number of likely N-dealkylation sites (tertiary alicyclic amines) is 1. The Hall–Kier alpha value is -2.60. The lowest BCUT2D eigenvalue weighted by Gasteiger charge is -2.19. The Morgan fingerprint density at radius 1 is 1.31 bits per heavy atom. The van der Waals surface area contributed by atoms with Gasteiger partial charge >= 0.3 is 0 Å². The first-order valence-electron chi connectivity index (χ1n) is 13.9. The second kappa shape index (κ2) is 16.5. The van der Waals surface area contributed by atoms with Gasteiger partial charge in [-0.25, -0.2) is 13.1 Å². The van der Waals surface area contributed by atoms with Crippen LogP contribution in [0.2, 0.25) is 0 Å². The number of aromatic amines is 1. The van der Waals surface area contributed by atoms with Crippen molar-refractivity contribution in [3.05, 3.63) is 56.8 Å². The van der Waals surface area contributed by atoms with Crippen molar-refractivity contribution in [1.82, 2.24) is 24.9 Å². The molecule has 1 aliphatic rings. The number of H-pyrrole nitrogens is 1. The van der Waals surface area contributed by atoms with E-state index in [0.717, 1.165) is 44.1 Å². The zero-order valence-corrected chi connectivity index (χ0v) is 24.9. The summed E-state index contributed by atoms with van der Waals surface area (Å²) in [7, 11) is 0.0333. The predicted molar refractivity (Wildman–Crippen MR) is 158 cm³/mol. The third-order valence-corrected chi connectivity index (χ3v) is 7.71. The molecule has 218 valence electrons. The molecule has 0 aromatic carbocycles. The van der Waals surface area contributed by atoms with Crippen LogP contribution in [0.15, 0.2) is 34.2 Å². The van der Waals surface area contributed by atoms with Crippen molar-refractivity contribution < 1.29 is 13.2 Å². The minimum Gasteiger partial charge on any atom is -0.497 e. The van der Waals surface area contributed by atoms with Gasteiger partial charge in [-0.1, -0.05) is 32.4 Å². The molecule has 1 fully saturated rings. The minimum absolute atomic E-state index is 0.172. The van der Waals surface area contributed by atoms with Gasteiger partial charge in [0, 0.05) is 31.0 Å². The molecule has 2 heterocycles. The number of rotatable bonds is 17. The van der Waals surface area contributed by atoms with Crippen molar-refractivity contribution in [2.75, 3.05) is 33.8 Å². The smallest absolute Gasteiger partial charge is 0.278 e. The zero-order valence-electron chi connectivity index (χ0n) is 24.1. The second-order valence-corrected chi connectivity index (χ2v) is 11.4. The van der Waals surface area contributed by atoms with Gasteiger partial charge in [-0.15, -0.1) is 0 Å². The SMILES string of the molecule is C/C=C\C/C(OCCC)=C(\C=C\S(=O)(=O)NCCC1CCCN1C)c1nc(=O)c(CNC)c(C(=N)CCC)[nH]1. The first-order valence-corrected chi connectivity index (χ1v) is 15.4. The maximum Gasteiger partial charge on any atom is 0.278 e. The molecule has 39 heavy (non-hydrogen) atoms. The average Bonchev–Trinajstić information content (AvgIpc) is 3.30. The summed E-state index contributed by atoms with van der Waals surface area (Å²) in [6, 6.07) is 0.379. The van der Waals surface area contributed by atoms with Crippen LogP contribution in [0.5, 0.6) is 0 Å². The van der Waals surface area contributed by atoms with Gasteiger partial charge in [-0.2, -0.15) is 4.98 Å². The number of sulfonamides is 1. The van der Waals surface area contributed by atoms with E-state index in [-0.39, 0.29) is 12.4 Å². The van der Waals surface area contributed by atoms with Crippen molar-refractivity contribution in [2.45, 2.75) is 78.3 Å². The molecule has 0 radical (unpaired) electrons. The molecule has 1 unspecified atom stereocenters. The normalized spacial score (nSPS) is 17.3. The Morgan fingerprint density at radius 2 is 2.08 bits per heavy atom. The number of allylic oxidation sites excluding steroid dienone is 4. The lowest BCUT2D eigenvalue weighted by molar-refractivity contribution is 0.210. The summed E-state index contributed by atoms with van der Waals surface area (Å²) in [6.07, 6.45) is 10.5. The quantitative estimate of drug-likeness (QED) is 0.0983. The summed E-state index contributed by atoms with van der Waals surface area (Å²) in [5.41, 5.74) is 0.958. The molecule has 11 heteroatoms. The maximum absolute atomic E-state index is 13.1. The van der Waals surface area contributed by atoms with Crippen LogP contribution in [0, 0.1) is 5.41 Å². The molecule has 0 spiro atoms. The highest BCUT2D eigenvalue weighted by Crippen LogP contribution is 2.23. The average molecular weight is 563 g/mol. The lowest BCUT2D eigenvalue weighted by atomic mass is 10.1. The molecule has 0 saturated carbocycles. The van der Waals surface area contributed by atoms with Crippen LogP contribution in [-0.4, -0.2) is 68.8 Å². The molecule has 0 bridgehead atoms. The molecule has 1 saturated heterocycles. The molecule has 0 aliphatic carbocycles. The van der Waals surface area contributed by atoms with Crippen molar-refractivity contribution >= 4 is 21.3 Å². The van der Waals surface area contributed by atoms with Crippen LogP contribution in [0.3, 0.4) is 0 Å². The number of nitrogens with one attached hydrogen (secondary N) is 4. The van der Waals surface area contributed by atoms with E-state index in [1.807, 2.05) is 32.9 Å². The van der Waals surface area contributed by atoms with Crippen molar-refractivity contribution in [3.63, 3.8) is 0 Å². The van der Waals surface area contributed by atoms with E-state index < -0.39 is 15.6 Å². The highest BCUT2D eigenvalue weighted by atomic mass is 32.2. The third-order valence-electron chi connectivity index (χ3n) is 6.61. The molecule has 10 nitrogen and oxygen atoms in total. The Morgan fingerprint density at radius 3 is 2.69 bits per heavy atom. The van der Waals surface area contributed by atoms with Gasteiger partial charge in [-0.05, 0) is 65.7 Å². The van der Waals surface area contributed by atoms with Crippen LogP contribution in [0.4, 0.5) is 0 Å². The van der Waals surface area contributed by atoms with Crippen molar-refractivity contribution in [2.24, 2.45) is 0 Å². The van der Waals surface area contributed by atoms with Crippen LogP contribution in [0.1, 0.15) is 82.8 Å². The standard InChI is InChI=1S/C28H46N6O4S/c1-6-9-13-25(38-18-8-3)22(15-19-39(36,37)31-16-14-21-12-10-17-34(21)5)27-32-26(24(29)11-7-2)23(20-30-4)28(35)33-27/h6,9,15,19,21,29-31H,7-8,10-14,16-18,20H2,1-5H3,(H,32,33,35)/b9-6-,19-15+,25-22-,29-24?. The molecule has 1 aromatic heterocycles. The highest BCUT2D eigenvalue weighted by Gasteiger charge is 2.21. The summed E-state index contributed by atoms with van der Waals surface area (Å²) in [5.74, 6) is 0.664. The number of hydrogen-bond donors (Lipinski definition) is 4. The fraction of sp³-hybridized carbons (Fsp3) is 0.607. The second-order valence-electron chi connectivity index (χ2n) is 9.77. The molecule has 4 N–H and O–H groups in total. The molecule has 1 aliphatic heterocycles. The van der Waals surface area contributed by atoms with Crippen LogP contribution in [-0.2, 0) is 21.3 Å². The van der Waals surface area contributed by atoms with Gasteiger partial charge in [0.25, 0.3) is 5.56 Å². The van der Waals surface area contributed by atoms with E-state index in [2.05, 4.69) is 32.0 Å². The summed E-state index contributed by atoms with van der Waals surface area (Å²) in [4.78, 5) is 22.8. The molecule has 1 atom stereocenters. The zero-order chi connectivity index (χ0) is 28.8. The van der Waals surface area contributed by atoms with E-state index in [1.165, 1.54) is 6.08 Å². The summed E-state index contributed by atoms with van der Waals surface area (Å²) >= 11 is 0. The number of hydrogen-bond acceptors (Lipinski definition) is 8. The summed E-state index contributed by atoms with van der Waals surface area (Å²) in [6.45, 7) is 7.89. The Kier molecular flexibility index (Phi) is 13.8. The molecule has 2 rings (SSSR count).